The van der Waals surface area contributed by atoms with Crippen molar-refractivity contribution >= 4 is 28.5 Å². The molecule has 188 valence electrons. The largest absolute Gasteiger partial charge is 0.455 e. The van der Waals surface area contributed by atoms with Crippen LogP contribution in [-0.2, 0) is 4.74 Å². The van der Waals surface area contributed by atoms with E-state index in [0.717, 1.165) is 39.2 Å². The molecule has 37 heavy (non-hydrogen) atoms. The zero-order valence-electron chi connectivity index (χ0n) is 21.5. The first-order valence-corrected chi connectivity index (χ1v) is 11.8. The fraction of sp³-hybridized carbons (Fsp3) is 0.241. The summed E-state index contributed by atoms with van der Waals surface area (Å²) in [5.41, 5.74) is 3.79. The van der Waals surface area contributed by atoms with Crippen molar-refractivity contribution in [1.82, 2.24) is 20.3 Å². The number of nitrogens with one attached hydrogen (secondary N) is 2. The van der Waals surface area contributed by atoms with E-state index >= 15 is 0 Å². The van der Waals surface area contributed by atoms with Gasteiger partial charge in [-0.15, -0.1) is 0 Å². The van der Waals surface area contributed by atoms with E-state index in [9.17, 15) is 4.79 Å². The van der Waals surface area contributed by atoms with Gasteiger partial charge in [-0.3, -0.25) is 4.98 Å². The quantitative estimate of drug-likeness (QED) is 0.325. The van der Waals surface area contributed by atoms with Crippen LogP contribution in [0.2, 0.25) is 0 Å². The Morgan fingerprint density at radius 3 is 2.57 bits per heavy atom. The van der Waals surface area contributed by atoms with Gasteiger partial charge in [0.05, 0.1) is 18.3 Å². The van der Waals surface area contributed by atoms with E-state index in [1.165, 1.54) is 6.33 Å². The van der Waals surface area contributed by atoms with Crippen LogP contribution in [0.1, 0.15) is 37.6 Å². The van der Waals surface area contributed by atoms with Gasteiger partial charge in [-0.1, -0.05) is 11.8 Å². The highest BCUT2D eigenvalue weighted by Gasteiger charge is 2.15. The van der Waals surface area contributed by atoms with E-state index in [0.29, 0.717) is 11.6 Å². The van der Waals surface area contributed by atoms with Crippen LogP contribution in [0.5, 0.6) is 11.5 Å². The fourth-order valence-electron chi connectivity index (χ4n) is 3.43. The highest BCUT2D eigenvalue weighted by Crippen LogP contribution is 2.29. The maximum Gasteiger partial charge on any atom is 0.408 e. The average molecular weight is 496 g/mol. The summed E-state index contributed by atoms with van der Waals surface area (Å²) >= 11 is 0. The van der Waals surface area contributed by atoms with Crippen LogP contribution < -0.4 is 15.4 Å². The molecule has 0 atom stereocenters. The van der Waals surface area contributed by atoms with Gasteiger partial charge in [0.25, 0.3) is 0 Å². The minimum Gasteiger partial charge on any atom is -0.455 e. The topological polar surface area (TPSA) is 98.3 Å². The van der Waals surface area contributed by atoms with Crippen LogP contribution in [-0.4, -0.2) is 33.2 Å². The Kier molecular flexibility index (Phi) is 7.54. The molecule has 2 N–H and O–H groups in total. The van der Waals surface area contributed by atoms with E-state index in [1.54, 1.807) is 6.20 Å². The number of alkyl carbamates (subject to hydrolysis) is 1. The highest BCUT2D eigenvalue weighted by atomic mass is 16.6. The van der Waals surface area contributed by atoms with E-state index < -0.39 is 11.7 Å². The highest BCUT2D eigenvalue weighted by molar-refractivity contribution is 5.91. The Balaban J connectivity index is 1.47. The molecule has 0 bridgehead atoms. The number of nitrogens with zero attached hydrogens (tertiary/aromatic N) is 3. The molecule has 0 spiro atoms. The van der Waals surface area contributed by atoms with Gasteiger partial charge >= 0.3 is 6.09 Å². The summed E-state index contributed by atoms with van der Waals surface area (Å²) in [6, 6.07) is 15.4. The summed E-state index contributed by atoms with van der Waals surface area (Å²) in [6.45, 7) is 9.54. The lowest BCUT2D eigenvalue weighted by atomic mass is 10.1. The molecular formula is C29H29N5O3. The van der Waals surface area contributed by atoms with Crippen molar-refractivity contribution in [2.45, 2.75) is 40.2 Å². The number of amides is 1. The molecule has 2 aromatic heterocycles. The maximum absolute atomic E-state index is 11.8. The predicted octanol–water partition coefficient (Wildman–Crippen LogP) is 6.05. The molecule has 8 nitrogen and oxygen atoms in total. The number of rotatable bonds is 5. The molecular weight excluding hydrogens is 466 g/mol. The lowest BCUT2D eigenvalue weighted by Crippen LogP contribution is -2.32. The number of fused-ring (bicyclic) bond motifs is 1. The normalized spacial score (nSPS) is 10.8. The monoisotopic (exact) mass is 495 g/mol. The lowest BCUT2D eigenvalue weighted by Gasteiger charge is -2.19. The van der Waals surface area contributed by atoms with Crippen LogP contribution >= 0.6 is 0 Å². The molecule has 0 saturated heterocycles. The average Bonchev–Trinajstić information content (AvgIpc) is 2.84. The number of aryl methyl sites for hydroxylation is 2. The molecule has 4 rings (SSSR count). The number of hydrogen-bond donors (Lipinski definition) is 2. The van der Waals surface area contributed by atoms with E-state index in [-0.39, 0.29) is 6.54 Å². The molecule has 8 heteroatoms. The van der Waals surface area contributed by atoms with Crippen molar-refractivity contribution in [3.05, 3.63) is 77.9 Å². The first-order chi connectivity index (χ1) is 17.7. The Morgan fingerprint density at radius 1 is 1.00 bits per heavy atom. The number of carbonyl (C=O) groups excluding carboxylic acids is 1. The first-order valence-electron chi connectivity index (χ1n) is 11.8. The fourth-order valence-corrected chi connectivity index (χ4v) is 3.43. The molecule has 4 aromatic rings. The van der Waals surface area contributed by atoms with Gasteiger partial charge in [-0.2, -0.15) is 0 Å². The molecule has 1 amide bonds. The molecule has 2 aromatic carbocycles. The summed E-state index contributed by atoms with van der Waals surface area (Å²) < 4.78 is 11.2. The van der Waals surface area contributed by atoms with Crippen LogP contribution in [0.25, 0.3) is 10.9 Å². The van der Waals surface area contributed by atoms with Crippen molar-refractivity contribution < 1.29 is 14.3 Å². The second-order valence-corrected chi connectivity index (χ2v) is 9.45. The number of anilines is 2. The predicted molar refractivity (Wildman–Crippen MR) is 144 cm³/mol. The van der Waals surface area contributed by atoms with Gasteiger partial charge in [0.1, 0.15) is 29.2 Å². The Labute approximate surface area is 216 Å². The van der Waals surface area contributed by atoms with Gasteiger partial charge in [0, 0.05) is 22.3 Å². The summed E-state index contributed by atoms with van der Waals surface area (Å²) in [5, 5.41) is 6.84. The van der Waals surface area contributed by atoms with Crippen LogP contribution in [0.15, 0.2) is 61.1 Å². The second kappa shape index (κ2) is 11.0. The third-order valence-corrected chi connectivity index (χ3v) is 5.14. The van der Waals surface area contributed by atoms with Gasteiger partial charge in [0.2, 0.25) is 0 Å². The SMILES string of the molecule is Cc1ccc(Oc2ccc(Nc3ncnc4ccc(C#CCNC(=O)OC(C)(C)C)cc34)cc2C)cn1. The summed E-state index contributed by atoms with van der Waals surface area (Å²) in [4.78, 5) is 24.9. The zero-order chi connectivity index (χ0) is 26.4. The number of aromatic nitrogens is 3. The smallest absolute Gasteiger partial charge is 0.408 e. The van der Waals surface area contributed by atoms with Crippen molar-refractivity contribution in [3.8, 4) is 23.3 Å². The number of ether oxygens (including phenoxy) is 2. The van der Waals surface area contributed by atoms with E-state index in [4.69, 9.17) is 9.47 Å². The number of benzene rings is 2. The summed E-state index contributed by atoms with van der Waals surface area (Å²) in [5.74, 6) is 8.11. The van der Waals surface area contributed by atoms with Crippen molar-refractivity contribution in [3.63, 3.8) is 0 Å². The zero-order valence-corrected chi connectivity index (χ0v) is 21.5. The Hall–Kier alpha value is -4.64. The Bertz CT molecular complexity index is 1480. The third-order valence-electron chi connectivity index (χ3n) is 5.14. The maximum atomic E-state index is 11.8. The summed E-state index contributed by atoms with van der Waals surface area (Å²) in [6.07, 6.45) is 2.74. The molecule has 0 fully saturated rings. The number of hydrogen-bond acceptors (Lipinski definition) is 7. The second-order valence-electron chi connectivity index (χ2n) is 9.45. The molecule has 0 saturated carbocycles. The summed E-state index contributed by atoms with van der Waals surface area (Å²) in [7, 11) is 0. The van der Waals surface area contributed by atoms with Crippen LogP contribution in [0, 0.1) is 25.7 Å². The minimum absolute atomic E-state index is 0.176. The van der Waals surface area contributed by atoms with Gasteiger partial charge < -0.3 is 20.1 Å². The van der Waals surface area contributed by atoms with Crippen molar-refractivity contribution in [2.24, 2.45) is 0 Å². The van der Waals surface area contributed by atoms with Gasteiger partial charge in [0.15, 0.2) is 0 Å². The minimum atomic E-state index is -0.552. The molecule has 0 radical (unpaired) electrons. The molecule has 0 aliphatic heterocycles. The number of carbonyl (C=O) groups is 1. The lowest BCUT2D eigenvalue weighted by molar-refractivity contribution is 0.0535. The van der Waals surface area contributed by atoms with Crippen molar-refractivity contribution in [2.75, 3.05) is 11.9 Å². The molecule has 0 aliphatic rings. The van der Waals surface area contributed by atoms with Crippen LogP contribution in [0.4, 0.5) is 16.3 Å². The number of pyridine rings is 1. The molecule has 0 aliphatic carbocycles. The van der Waals surface area contributed by atoms with E-state index in [1.807, 2.05) is 83.1 Å². The van der Waals surface area contributed by atoms with Gasteiger partial charge in [-0.25, -0.2) is 14.8 Å². The van der Waals surface area contributed by atoms with Crippen molar-refractivity contribution in [1.29, 1.82) is 0 Å². The van der Waals surface area contributed by atoms with Crippen LogP contribution in [0.3, 0.4) is 0 Å². The molecule has 0 unspecified atom stereocenters. The molecule has 2 heterocycles. The third kappa shape index (κ3) is 7.18. The van der Waals surface area contributed by atoms with E-state index in [2.05, 4.69) is 37.4 Å². The van der Waals surface area contributed by atoms with Gasteiger partial charge in [-0.05, 0) is 88.7 Å². The first kappa shape index (κ1) is 25.5. The Morgan fingerprint density at radius 2 is 1.84 bits per heavy atom. The standard InChI is InChI=1S/C29H29N5O3/c1-19-15-22(10-13-26(19)36-23-11-8-20(2)31-17-23)34-27-24-16-21(9-12-25(24)32-18-33-27)7-6-14-30-28(35)37-29(3,4)5/h8-13,15-18H,14H2,1-5H3,(H,30,35)(H,32,33,34).